The minimum Gasteiger partial charge on any atom is -0.508 e. The van der Waals surface area contributed by atoms with Crippen molar-refractivity contribution in [2.75, 3.05) is 5.32 Å². The molecule has 0 aliphatic rings. The summed E-state index contributed by atoms with van der Waals surface area (Å²) in [6.07, 6.45) is 4.89. The number of nitrogens with one attached hydrogen (secondary N) is 1. The van der Waals surface area contributed by atoms with Crippen molar-refractivity contribution < 1.29 is 9.52 Å². The van der Waals surface area contributed by atoms with E-state index in [0.29, 0.717) is 0 Å². The molecule has 0 fully saturated rings. The lowest BCUT2D eigenvalue weighted by atomic mass is 10.2. The summed E-state index contributed by atoms with van der Waals surface area (Å²) in [6, 6.07) is 10.9. The molecule has 4 aromatic rings. The first-order valence-electron chi connectivity index (χ1n) is 6.63. The number of fused-ring (bicyclic) bond motifs is 1. The third-order valence-corrected chi connectivity index (χ3v) is 4.41. The minimum atomic E-state index is 0. The summed E-state index contributed by atoms with van der Waals surface area (Å²) in [5, 5.41) is 12.8. The summed E-state index contributed by atoms with van der Waals surface area (Å²) >= 11 is 1.60. The molecule has 23 heavy (non-hydrogen) atoms. The molecule has 0 amide bonds. The molecule has 5 nitrogen and oxygen atoms in total. The van der Waals surface area contributed by atoms with E-state index in [9.17, 15) is 5.11 Å². The molecule has 2 N–H and O–H groups in total. The van der Waals surface area contributed by atoms with E-state index in [1.165, 1.54) is 6.33 Å². The number of hydrogen-bond acceptors (Lipinski definition) is 6. The van der Waals surface area contributed by atoms with Gasteiger partial charge in [-0.05, 0) is 24.3 Å². The van der Waals surface area contributed by atoms with Gasteiger partial charge >= 0.3 is 0 Å². The second-order valence-corrected chi connectivity index (χ2v) is 5.79. The van der Waals surface area contributed by atoms with Crippen molar-refractivity contribution in [3.63, 3.8) is 0 Å². The van der Waals surface area contributed by atoms with Crippen LogP contribution in [0.4, 0.5) is 11.5 Å². The van der Waals surface area contributed by atoms with E-state index in [2.05, 4.69) is 15.3 Å². The average Bonchev–Trinajstić information content (AvgIpc) is 3.17. The molecule has 0 aliphatic heterocycles. The monoisotopic (exact) mass is 345 g/mol. The maximum Gasteiger partial charge on any atom is 0.151 e. The van der Waals surface area contributed by atoms with E-state index < -0.39 is 0 Å². The highest BCUT2D eigenvalue weighted by Crippen LogP contribution is 2.36. The van der Waals surface area contributed by atoms with Gasteiger partial charge in [-0.15, -0.1) is 23.7 Å². The predicted octanol–water partition coefficient (Wildman–Crippen LogP) is 4.82. The van der Waals surface area contributed by atoms with Gasteiger partial charge in [0.05, 0.1) is 22.7 Å². The van der Waals surface area contributed by atoms with Gasteiger partial charge in [-0.3, -0.25) is 0 Å². The highest BCUT2D eigenvalue weighted by molar-refractivity contribution is 7.22. The Morgan fingerprint density at radius 1 is 1.13 bits per heavy atom. The minimum absolute atomic E-state index is 0. The van der Waals surface area contributed by atoms with Gasteiger partial charge in [0, 0.05) is 22.2 Å². The highest BCUT2D eigenvalue weighted by atomic mass is 35.5. The van der Waals surface area contributed by atoms with Crippen LogP contribution in [-0.4, -0.2) is 15.1 Å². The second-order valence-electron chi connectivity index (χ2n) is 4.73. The van der Waals surface area contributed by atoms with E-state index in [0.717, 1.165) is 32.2 Å². The average molecular weight is 346 g/mol. The number of anilines is 2. The van der Waals surface area contributed by atoms with Crippen molar-refractivity contribution in [2.24, 2.45) is 0 Å². The lowest BCUT2D eigenvalue weighted by Gasteiger charge is -2.06. The fourth-order valence-electron chi connectivity index (χ4n) is 2.21. The lowest BCUT2D eigenvalue weighted by Crippen LogP contribution is -1.93. The van der Waals surface area contributed by atoms with Crippen molar-refractivity contribution >= 4 is 45.5 Å². The zero-order chi connectivity index (χ0) is 14.9. The summed E-state index contributed by atoms with van der Waals surface area (Å²) in [6.45, 7) is 0. The number of benzene rings is 1. The Balaban J connectivity index is 0.00000156. The number of aromatic hydroxyl groups is 1. The van der Waals surface area contributed by atoms with Crippen LogP contribution in [0.5, 0.6) is 5.75 Å². The topological polar surface area (TPSA) is 71.2 Å². The number of thiophene rings is 1. The van der Waals surface area contributed by atoms with Crippen molar-refractivity contribution in [1.29, 1.82) is 0 Å². The SMILES string of the molecule is Cl.Oc1cccc(Nc2ncnc3cc(-c4ccoc4)sc23)c1. The van der Waals surface area contributed by atoms with E-state index in [1.807, 2.05) is 18.2 Å². The zero-order valence-electron chi connectivity index (χ0n) is 11.8. The fourth-order valence-corrected chi connectivity index (χ4v) is 3.25. The van der Waals surface area contributed by atoms with Gasteiger partial charge in [0.2, 0.25) is 0 Å². The van der Waals surface area contributed by atoms with Crippen LogP contribution < -0.4 is 5.32 Å². The molecular formula is C16H12ClN3O2S. The van der Waals surface area contributed by atoms with E-state index in [1.54, 1.807) is 42.1 Å². The number of furan rings is 1. The van der Waals surface area contributed by atoms with E-state index in [-0.39, 0.29) is 18.2 Å². The molecule has 3 heterocycles. The molecule has 0 atom stereocenters. The number of aromatic nitrogens is 2. The van der Waals surface area contributed by atoms with Crippen LogP contribution in [0.1, 0.15) is 0 Å². The molecule has 0 saturated heterocycles. The van der Waals surface area contributed by atoms with Gasteiger partial charge in [0.1, 0.15) is 12.1 Å². The Morgan fingerprint density at radius 2 is 2.04 bits per heavy atom. The summed E-state index contributed by atoms with van der Waals surface area (Å²) in [5.41, 5.74) is 2.67. The first kappa shape index (κ1) is 15.3. The number of hydrogen-bond donors (Lipinski definition) is 2. The fraction of sp³-hybridized carbons (Fsp3) is 0. The predicted molar refractivity (Wildman–Crippen MR) is 93.8 cm³/mol. The third-order valence-electron chi connectivity index (χ3n) is 3.23. The van der Waals surface area contributed by atoms with Crippen molar-refractivity contribution in [3.8, 4) is 16.2 Å². The standard InChI is InChI=1S/C16H11N3O2S.ClH/c20-12-3-1-2-11(6-12)19-16-15-13(17-9-18-16)7-14(22-15)10-4-5-21-8-10;/h1-9,20H,(H,17,18,19);1H. The van der Waals surface area contributed by atoms with Crippen LogP contribution in [0.3, 0.4) is 0 Å². The molecule has 0 aliphatic carbocycles. The summed E-state index contributed by atoms with van der Waals surface area (Å²) in [4.78, 5) is 9.69. The summed E-state index contributed by atoms with van der Waals surface area (Å²) in [7, 11) is 0. The Hall–Kier alpha value is -2.57. The molecule has 1 aromatic carbocycles. The Kier molecular flexibility index (Phi) is 4.18. The molecule has 116 valence electrons. The number of rotatable bonds is 3. The van der Waals surface area contributed by atoms with Crippen molar-refractivity contribution in [1.82, 2.24) is 9.97 Å². The number of halogens is 1. The normalized spacial score (nSPS) is 10.4. The first-order valence-corrected chi connectivity index (χ1v) is 7.44. The van der Waals surface area contributed by atoms with Gasteiger partial charge in [-0.1, -0.05) is 6.07 Å². The molecule has 4 rings (SSSR count). The van der Waals surface area contributed by atoms with Gasteiger partial charge < -0.3 is 14.8 Å². The molecule has 0 unspecified atom stereocenters. The van der Waals surface area contributed by atoms with Gasteiger partial charge in [-0.2, -0.15) is 0 Å². The second kappa shape index (κ2) is 6.28. The van der Waals surface area contributed by atoms with Gasteiger partial charge in [-0.25, -0.2) is 9.97 Å². The van der Waals surface area contributed by atoms with Gasteiger partial charge in [0.25, 0.3) is 0 Å². The molecule has 0 saturated carbocycles. The Morgan fingerprint density at radius 3 is 2.83 bits per heavy atom. The Labute approximate surface area is 142 Å². The largest absolute Gasteiger partial charge is 0.508 e. The van der Waals surface area contributed by atoms with Gasteiger partial charge in [0.15, 0.2) is 5.82 Å². The van der Waals surface area contributed by atoms with Crippen molar-refractivity contribution in [3.05, 3.63) is 55.3 Å². The van der Waals surface area contributed by atoms with E-state index >= 15 is 0 Å². The van der Waals surface area contributed by atoms with Crippen LogP contribution in [-0.2, 0) is 0 Å². The summed E-state index contributed by atoms with van der Waals surface area (Å²) < 4.78 is 6.09. The zero-order valence-corrected chi connectivity index (χ0v) is 13.4. The number of phenols is 1. The maximum atomic E-state index is 9.55. The van der Waals surface area contributed by atoms with Crippen molar-refractivity contribution in [2.45, 2.75) is 0 Å². The number of nitrogens with zero attached hydrogens (tertiary/aromatic N) is 2. The maximum absolute atomic E-state index is 9.55. The van der Waals surface area contributed by atoms with Crippen LogP contribution in [0, 0.1) is 0 Å². The molecule has 3 aromatic heterocycles. The third kappa shape index (κ3) is 2.99. The molecule has 0 bridgehead atoms. The van der Waals surface area contributed by atoms with E-state index in [4.69, 9.17) is 4.42 Å². The smallest absolute Gasteiger partial charge is 0.151 e. The first-order chi connectivity index (χ1) is 10.8. The molecule has 0 radical (unpaired) electrons. The van der Waals surface area contributed by atoms with Crippen LogP contribution in [0.2, 0.25) is 0 Å². The number of phenolic OH excluding ortho intramolecular Hbond substituents is 1. The molecule has 7 heteroatoms. The summed E-state index contributed by atoms with van der Waals surface area (Å²) in [5.74, 6) is 0.927. The molecule has 0 spiro atoms. The quantitative estimate of drug-likeness (QED) is 0.557. The lowest BCUT2D eigenvalue weighted by molar-refractivity contribution is 0.475. The molecular weight excluding hydrogens is 334 g/mol. The Bertz CT molecular complexity index is 938. The van der Waals surface area contributed by atoms with Crippen LogP contribution in [0.25, 0.3) is 20.7 Å². The van der Waals surface area contributed by atoms with Crippen LogP contribution >= 0.6 is 23.7 Å². The highest BCUT2D eigenvalue weighted by Gasteiger charge is 2.11. The van der Waals surface area contributed by atoms with Crippen LogP contribution in [0.15, 0.2) is 59.7 Å².